The molecule has 0 saturated carbocycles. The molecule has 0 N–H and O–H groups in total. The fourth-order valence-corrected chi connectivity index (χ4v) is 1.12. The molecule has 1 radical (unpaired) electrons. The molecule has 0 bridgehead atoms. The van der Waals surface area contributed by atoms with Crippen LogP contribution in [-0.4, -0.2) is 19.9 Å². The van der Waals surface area contributed by atoms with Crippen molar-refractivity contribution in [1.29, 1.82) is 0 Å². The molecule has 14 heavy (non-hydrogen) atoms. The highest BCUT2D eigenvalue weighted by atomic mass is 19.1. The van der Waals surface area contributed by atoms with Crippen molar-refractivity contribution in [2.45, 2.75) is 0 Å². The summed E-state index contributed by atoms with van der Waals surface area (Å²) in [7, 11) is 2.93. The summed E-state index contributed by atoms with van der Waals surface area (Å²) in [5.74, 6) is 0.196. The zero-order valence-electron chi connectivity index (χ0n) is 7.80. The van der Waals surface area contributed by atoms with Gasteiger partial charge in [0.25, 0.3) is 0 Å². The van der Waals surface area contributed by atoms with Crippen LogP contribution >= 0.6 is 0 Å². The predicted octanol–water partition coefficient (Wildman–Crippen LogP) is 2.19. The normalized spacial score (nSPS) is 11.2. The number of rotatable bonds is 3. The Kier molecular flexibility index (Phi) is 3.57. The molecular weight excluding hydrogens is 183 g/mol. The maximum Gasteiger partial charge on any atom is 0.207 e. The molecule has 0 aromatic heterocycles. The molecule has 0 atom stereocenters. The summed E-state index contributed by atoms with van der Waals surface area (Å²) in [4.78, 5) is 3.78. The first-order valence-corrected chi connectivity index (χ1v) is 4.07. The van der Waals surface area contributed by atoms with Crippen molar-refractivity contribution in [1.82, 2.24) is 0 Å². The minimum atomic E-state index is -0.622. The lowest BCUT2D eigenvalue weighted by molar-refractivity contribution is 0.579. The van der Waals surface area contributed by atoms with Gasteiger partial charge in [-0.15, -0.1) is 12.6 Å². The SMILES string of the molecule is C=C[B]C(=NC)c1c(F)cccc1F. The summed E-state index contributed by atoms with van der Waals surface area (Å²) in [5.41, 5.74) is 0.130. The van der Waals surface area contributed by atoms with Gasteiger partial charge in [-0.05, 0) is 12.1 Å². The molecule has 1 rings (SSSR count). The number of benzene rings is 1. The molecule has 0 fully saturated rings. The van der Waals surface area contributed by atoms with E-state index in [1.807, 2.05) is 0 Å². The number of hydrogen-bond donors (Lipinski definition) is 0. The molecule has 0 amide bonds. The van der Waals surface area contributed by atoms with Crippen LogP contribution in [-0.2, 0) is 0 Å². The summed E-state index contributed by atoms with van der Waals surface area (Å²) in [5, 5.41) is 0. The summed E-state index contributed by atoms with van der Waals surface area (Å²) in [6.45, 7) is 3.45. The minimum Gasteiger partial charge on any atom is -0.303 e. The fourth-order valence-electron chi connectivity index (χ4n) is 1.12. The Hall–Kier alpha value is -1.45. The Morgan fingerprint density at radius 3 is 2.43 bits per heavy atom. The van der Waals surface area contributed by atoms with Gasteiger partial charge in [0.2, 0.25) is 7.28 Å². The van der Waals surface area contributed by atoms with Gasteiger partial charge in [-0.25, -0.2) is 8.78 Å². The molecule has 0 heterocycles. The van der Waals surface area contributed by atoms with Gasteiger partial charge in [-0.2, -0.15) is 0 Å². The molecular formula is C10H9BF2N. The van der Waals surface area contributed by atoms with Crippen LogP contribution in [0.1, 0.15) is 5.56 Å². The molecule has 71 valence electrons. The Morgan fingerprint density at radius 2 is 2.00 bits per heavy atom. The third kappa shape index (κ3) is 2.07. The van der Waals surface area contributed by atoms with Crippen LogP contribution in [0.4, 0.5) is 8.78 Å². The van der Waals surface area contributed by atoms with Crippen LogP contribution in [0.2, 0.25) is 0 Å². The van der Waals surface area contributed by atoms with Crippen LogP contribution in [0.5, 0.6) is 0 Å². The van der Waals surface area contributed by atoms with Crippen LogP contribution in [0, 0.1) is 11.6 Å². The highest BCUT2D eigenvalue weighted by Gasteiger charge is 2.13. The highest BCUT2D eigenvalue weighted by Crippen LogP contribution is 2.12. The van der Waals surface area contributed by atoms with Gasteiger partial charge in [0.05, 0.1) is 5.56 Å². The van der Waals surface area contributed by atoms with Crippen molar-refractivity contribution in [2.75, 3.05) is 7.05 Å². The first-order valence-electron chi connectivity index (χ1n) is 4.07. The molecule has 0 saturated heterocycles. The quantitative estimate of drug-likeness (QED) is 0.514. The number of aliphatic imine (C=N–C) groups is 1. The Bertz CT molecular complexity index is 354. The third-order valence-electron chi connectivity index (χ3n) is 1.74. The molecule has 4 heteroatoms. The molecule has 0 spiro atoms. The van der Waals surface area contributed by atoms with Crippen LogP contribution in [0.25, 0.3) is 0 Å². The molecule has 0 aliphatic heterocycles. The molecule has 1 aromatic rings. The number of halogens is 2. The van der Waals surface area contributed by atoms with Crippen molar-refractivity contribution >= 4 is 12.9 Å². The third-order valence-corrected chi connectivity index (χ3v) is 1.74. The van der Waals surface area contributed by atoms with Gasteiger partial charge in [0.15, 0.2) is 0 Å². The van der Waals surface area contributed by atoms with E-state index in [9.17, 15) is 8.78 Å². The van der Waals surface area contributed by atoms with E-state index in [-0.39, 0.29) is 11.2 Å². The van der Waals surface area contributed by atoms with Crippen molar-refractivity contribution in [3.8, 4) is 0 Å². The minimum absolute atomic E-state index is 0.116. The van der Waals surface area contributed by atoms with Gasteiger partial charge < -0.3 is 4.99 Å². The molecule has 1 nitrogen and oxygen atoms in total. The molecule has 1 aromatic carbocycles. The van der Waals surface area contributed by atoms with E-state index in [0.717, 1.165) is 0 Å². The number of nitrogens with zero attached hydrogens (tertiary/aromatic N) is 1. The van der Waals surface area contributed by atoms with E-state index in [1.165, 1.54) is 38.5 Å². The fraction of sp³-hybridized carbons (Fsp3) is 0.100. The van der Waals surface area contributed by atoms with Crippen LogP contribution in [0.15, 0.2) is 35.7 Å². The van der Waals surface area contributed by atoms with Gasteiger partial charge in [-0.1, -0.05) is 6.07 Å². The van der Waals surface area contributed by atoms with Crippen molar-refractivity contribution in [2.24, 2.45) is 4.99 Å². The Balaban J connectivity index is 3.22. The zero-order valence-corrected chi connectivity index (χ0v) is 7.80. The molecule has 0 aliphatic rings. The lowest BCUT2D eigenvalue weighted by atomic mass is 9.69. The zero-order chi connectivity index (χ0) is 10.6. The first kappa shape index (κ1) is 10.6. The van der Waals surface area contributed by atoms with Crippen LogP contribution < -0.4 is 0 Å². The van der Waals surface area contributed by atoms with E-state index in [1.54, 1.807) is 0 Å². The van der Waals surface area contributed by atoms with Gasteiger partial charge in [-0.3, -0.25) is 0 Å². The monoisotopic (exact) mass is 192 g/mol. The standard InChI is InChI=1S/C10H9BF2N/c1-3-11-10(14-2)9-7(12)5-4-6-8(9)13/h3-6H,1H2,2H3. The van der Waals surface area contributed by atoms with E-state index < -0.39 is 11.6 Å². The predicted molar refractivity (Wildman–Crippen MR) is 54.8 cm³/mol. The molecule has 0 aliphatic carbocycles. The second-order valence-corrected chi connectivity index (χ2v) is 2.61. The smallest absolute Gasteiger partial charge is 0.207 e. The maximum absolute atomic E-state index is 13.2. The topological polar surface area (TPSA) is 12.4 Å². The number of hydrogen-bond acceptors (Lipinski definition) is 1. The van der Waals surface area contributed by atoms with E-state index >= 15 is 0 Å². The highest BCUT2D eigenvalue weighted by molar-refractivity contribution is 6.82. The summed E-state index contributed by atoms with van der Waals surface area (Å²) < 4.78 is 26.5. The van der Waals surface area contributed by atoms with Crippen LogP contribution in [0.3, 0.4) is 0 Å². The van der Waals surface area contributed by atoms with Crippen molar-refractivity contribution in [3.05, 3.63) is 48.0 Å². The van der Waals surface area contributed by atoms with Gasteiger partial charge in [0, 0.05) is 12.7 Å². The lowest BCUT2D eigenvalue weighted by Crippen LogP contribution is -2.13. The largest absolute Gasteiger partial charge is 0.303 e. The molecule has 0 unspecified atom stereocenters. The maximum atomic E-state index is 13.2. The van der Waals surface area contributed by atoms with E-state index in [4.69, 9.17) is 0 Å². The van der Waals surface area contributed by atoms with E-state index in [0.29, 0.717) is 0 Å². The summed E-state index contributed by atoms with van der Waals surface area (Å²) >= 11 is 0. The lowest BCUT2D eigenvalue weighted by Gasteiger charge is -2.05. The van der Waals surface area contributed by atoms with Crippen molar-refractivity contribution in [3.63, 3.8) is 0 Å². The van der Waals surface area contributed by atoms with E-state index in [2.05, 4.69) is 11.6 Å². The summed E-state index contributed by atoms with van der Waals surface area (Å²) in [6.07, 6.45) is 0. The Morgan fingerprint density at radius 1 is 1.43 bits per heavy atom. The summed E-state index contributed by atoms with van der Waals surface area (Å²) in [6, 6.07) is 3.70. The van der Waals surface area contributed by atoms with Gasteiger partial charge in [0.1, 0.15) is 11.6 Å². The average Bonchev–Trinajstić information content (AvgIpc) is 2.16. The Labute approximate surface area is 82.4 Å². The van der Waals surface area contributed by atoms with Crippen molar-refractivity contribution < 1.29 is 8.78 Å². The second kappa shape index (κ2) is 4.70. The second-order valence-electron chi connectivity index (χ2n) is 2.61. The average molecular weight is 192 g/mol. The van der Waals surface area contributed by atoms with Gasteiger partial charge >= 0.3 is 0 Å². The first-order chi connectivity index (χ1) is 6.70.